The number of carbonyl (C=O) groups excluding carboxylic acids is 1. The van der Waals surface area contributed by atoms with Crippen molar-refractivity contribution in [2.45, 2.75) is 50.5 Å². The molecule has 0 aromatic heterocycles. The molecule has 3 atom stereocenters. The number of ether oxygens (including phenoxy) is 2. The molecule has 0 unspecified atom stereocenters. The molecule has 5 heteroatoms. The Kier molecular flexibility index (Phi) is 7.21. The minimum atomic E-state index is -0.0683. The second kappa shape index (κ2) is 10.5. The molecular weight excluding hydrogens is 424 g/mol. The molecular formula is C29H38N2O3. The number of rotatable bonds is 8. The van der Waals surface area contributed by atoms with Crippen molar-refractivity contribution in [1.82, 2.24) is 10.2 Å². The first-order chi connectivity index (χ1) is 16.7. The lowest BCUT2D eigenvalue weighted by Crippen LogP contribution is -2.43. The summed E-state index contributed by atoms with van der Waals surface area (Å²) in [5, 5.41) is 2.87. The smallest absolute Gasteiger partial charge is 0.251 e. The first-order valence-electron chi connectivity index (χ1n) is 13.0. The summed E-state index contributed by atoms with van der Waals surface area (Å²) in [6.07, 6.45) is 8.25. The Morgan fingerprint density at radius 2 is 1.74 bits per heavy atom. The van der Waals surface area contributed by atoms with E-state index in [0.717, 1.165) is 29.2 Å². The lowest BCUT2D eigenvalue weighted by Gasteiger charge is -2.40. The van der Waals surface area contributed by atoms with Gasteiger partial charge < -0.3 is 19.7 Å². The Balaban J connectivity index is 1.26. The number of piperidine rings is 1. The molecule has 1 heterocycles. The van der Waals surface area contributed by atoms with Crippen LogP contribution in [0.25, 0.3) is 11.1 Å². The van der Waals surface area contributed by atoms with E-state index in [0.29, 0.717) is 24.6 Å². The van der Waals surface area contributed by atoms with Crippen LogP contribution in [0.2, 0.25) is 0 Å². The maximum Gasteiger partial charge on any atom is 0.251 e. The SMILES string of the molecule is COCCNC(=O)c1ccc(-c2ccc(OC)c(C3CCN([C@H]4C[C@H]5CC[C@H]4C5)CC3)c2)cc1. The zero-order chi connectivity index (χ0) is 23.5. The van der Waals surface area contributed by atoms with E-state index in [9.17, 15) is 4.79 Å². The van der Waals surface area contributed by atoms with E-state index in [2.05, 4.69) is 28.4 Å². The summed E-state index contributed by atoms with van der Waals surface area (Å²) >= 11 is 0. The highest BCUT2D eigenvalue weighted by Crippen LogP contribution is 2.48. The van der Waals surface area contributed by atoms with Crippen LogP contribution in [0, 0.1) is 11.8 Å². The van der Waals surface area contributed by atoms with E-state index in [1.54, 1.807) is 14.2 Å². The third-order valence-electron chi connectivity index (χ3n) is 8.44. The Labute approximate surface area is 203 Å². The van der Waals surface area contributed by atoms with Crippen LogP contribution in [-0.2, 0) is 4.74 Å². The molecule has 2 aromatic rings. The van der Waals surface area contributed by atoms with Gasteiger partial charge in [-0.3, -0.25) is 4.79 Å². The van der Waals surface area contributed by atoms with Crippen LogP contribution in [0.3, 0.4) is 0 Å². The van der Waals surface area contributed by atoms with Gasteiger partial charge >= 0.3 is 0 Å². The summed E-state index contributed by atoms with van der Waals surface area (Å²) in [6.45, 7) is 3.44. The highest BCUT2D eigenvalue weighted by molar-refractivity contribution is 5.94. The molecule has 3 fully saturated rings. The number of methoxy groups -OCH3 is 2. The van der Waals surface area contributed by atoms with Crippen LogP contribution in [0.1, 0.15) is 60.4 Å². The number of nitrogens with zero attached hydrogens (tertiary/aromatic N) is 1. The van der Waals surface area contributed by atoms with Gasteiger partial charge in [0.1, 0.15) is 5.75 Å². The minimum absolute atomic E-state index is 0.0683. The number of amides is 1. The number of hydrogen-bond acceptors (Lipinski definition) is 4. The van der Waals surface area contributed by atoms with Gasteiger partial charge in [-0.2, -0.15) is 0 Å². The van der Waals surface area contributed by atoms with E-state index in [-0.39, 0.29) is 5.91 Å². The molecule has 0 radical (unpaired) electrons. The van der Waals surface area contributed by atoms with Gasteiger partial charge in [-0.25, -0.2) is 0 Å². The maximum absolute atomic E-state index is 12.3. The molecule has 3 aliphatic rings. The fraction of sp³-hybridized carbons (Fsp3) is 0.552. The average molecular weight is 463 g/mol. The van der Waals surface area contributed by atoms with Crippen LogP contribution in [0.15, 0.2) is 42.5 Å². The molecule has 2 saturated carbocycles. The maximum atomic E-state index is 12.3. The van der Waals surface area contributed by atoms with Crippen molar-refractivity contribution in [3.8, 4) is 16.9 Å². The number of benzene rings is 2. The van der Waals surface area contributed by atoms with Crippen molar-refractivity contribution in [2.75, 3.05) is 40.5 Å². The molecule has 182 valence electrons. The monoisotopic (exact) mass is 462 g/mol. The Morgan fingerprint density at radius 3 is 2.38 bits per heavy atom. The molecule has 1 saturated heterocycles. The van der Waals surface area contributed by atoms with Gasteiger partial charge in [0.05, 0.1) is 13.7 Å². The second-order valence-corrected chi connectivity index (χ2v) is 10.3. The largest absolute Gasteiger partial charge is 0.496 e. The van der Waals surface area contributed by atoms with Crippen LogP contribution in [0.5, 0.6) is 5.75 Å². The van der Waals surface area contributed by atoms with Crippen LogP contribution in [0.4, 0.5) is 0 Å². The Morgan fingerprint density at radius 1 is 0.971 bits per heavy atom. The van der Waals surface area contributed by atoms with E-state index in [1.807, 2.05) is 24.3 Å². The third kappa shape index (κ3) is 4.87. The molecule has 1 amide bonds. The Hall–Kier alpha value is -2.37. The molecule has 2 bridgehead atoms. The lowest BCUT2D eigenvalue weighted by atomic mass is 9.85. The van der Waals surface area contributed by atoms with E-state index in [1.165, 1.54) is 62.7 Å². The average Bonchev–Trinajstić information content (AvgIpc) is 3.53. The molecule has 2 aromatic carbocycles. The Bertz CT molecular complexity index is 981. The molecule has 5 rings (SSSR count). The quantitative estimate of drug-likeness (QED) is 0.554. The van der Waals surface area contributed by atoms with Crippen molar-refractivity contribution in [3.63, 3.8) is 0 Å². The fourth-order valence-electron chi connectivity index (χ4n) is 6.62. The van der Waals surface area contributed by atoms with Gasteiger partial charge in [0.15, 0.2) is 0 Å². The van der Waals surface area contributed by atoms with E-state index >= 15 is 0 Å². The minimum Gasteiger partial charge on any atom is -0.496 e. The van der Waals surface area contributed by atoms with Gasteiger partial charge in [0.25, 0.3) is 5.91 Å². The van der Waals surface area contributed by atoms with Gasteiger partial charge in [-0.05, 0) is 104 Å². The zero-order valence-electron chi connectivity index (χ0n) is 20.6. The van der Waals surface area contributed by atoms with Crippen molar-refractivity contribution in [3.05, 3.63) is 53.6 Å². The van der Waals surface area contributed by atoms with Crippen LogP contribution in [-0.4, -0.2) is 57.3 Å². The van der Waals surface area contributed by atoms with Crippen LogP contribution >= 0.6 is 0 Å². The molecule has 2 aliphatic carbocycles. The molecule has 34 heavy (non-hydrogen) atoms. The molecule has 1 aliphatic heterocycles. The van der Waals surface area contributed by atoms with Crippen molar-refractivity contribution >= 4 is 5.91 Å². The summed E-state index contributed by atoms with van der Waals surface area (Å²) in [5.41, 5.74) is 4.30. The summed E-state index contributed by atoms with van der Waals surface area (Å²) in [6, 6.07) is 15.3. The standard InChI is InChI=1S/C29H38N2O3/c1-33-16-13-30-29(32)23-7-5-21(6-8-23)24-9-10-28(34-2)26(19-24)22-11-14-31(15-12-22)27-18-20-3-4-25(27)17-20/h5-10,19-20,22,25,27H,3-4,11-18H2,1-2H3,(H,30,32)/t20-,25-,27-/m0/s1. The fourth-order valence-corrected chi connectivity index (χ4v) is 6.62. The van der Waals surface area contributed by atoms with Crippen molar-refractivity contribution < 1.29 is 14.3 Å². The topological polar surface area (TPSA) is 50.8 Å². The summed E-state index contributed by atoms with van der Waals surface area (Å²) in [5.74, 6) is 3.44. The summed E-state index contributed by atoms with van der Waals surface area (Å²) in [4.78, 5) is 15.1. The number of fused-ring (bicyclic) bond motifs is 2. The number of likely N-dealkylation sites (tertiary alicyclic amines) is 1. The van der Waals surface area contributed by atoms with Gasteiger partial charge in [0, 0.05) is 25.3 Å². The zero-order valence-corrected chi connectivity index (χ0v) is 20.6. The predicted octanol–water partition coefficient (Wildman–Crippen LogP) is 5.11. The first kappa shape index (κ1) is 23.4. The highest BCUT2D eigenvalue weighted by Gasteiger charge is 2.43. The molecule has 5 nitrogen and oxygen atoms in total. The lowest BCUT2D eigenvalue weighted by molar-refractivity contribution is 0.0937. The van der Waals surface area contributed by atoms with Gasteiger partial charge in [-0.15, -0.1) is 0 Å². The molecule has 0 spiro atoms. The summed E-state index contributed by atoms with van der Waals surface area (Å²) < 4.78 is 10.8. The highest BCUT2D eigenvalue weighted by atomic mass is 16.5. The number of hydrogen-bond donors (Lipinski definition) is 1. The van der Waals surface area contributed by atoms with E-state index < -0.39 is 0 Å². The number of nitrogens with one attached hydrogen (secondary N) is 1. The van der Waals surface area contributed by atoms with Crippen molar-refractivity contribution in [2.24, 2.45) is 11.8 Å². The molecule has 1 N–H and O–H groups in total. The van der Waals surface area contributed by atoms with Gasteiger partial charge in [0.2, 0.25) is 0 Å². The van der Waals surface area contributed by atoms with Crippen molar-refractivity contribution in [1.29, 1.82) is 0 Å². The van der Waals surface area contributed by atoms with E-state index in [4.69, 9.17) is 9.47 Å². The summed E-state index contributed by atoms with van der Waals surface area (Å²) in [7, 11) is 3.41. The predicted molar refractivity (Wildman–Crippen MR) is 135 cm³/mol. The third-order valence-corrected chi connectivity index (χ3v) is 8.44. The normalized spacial score (nSPS) is 24.9. The number of carbonyl (C=O) groups is 1. The van der Waals surface area contributed by atoms with Crippen LogP contribution < -0.4 is 10.1 Å². The second-order valence-electron chi connectivity index (χ2n) is 10.3. The van der Waals surface area contributed by atoms with Gasteiger partial charge in [-0.1, -0.05) is 24.6 Å². The first-order valence-corrected chi connectivity index (χ1v) is 13.0.